The molecule has 8 nitrogen and oxygen atoms in total. The highest BCUT2D eigenvalue weighted by Crippen LogP contribution is 2.30. The fourth-order valence-electron chi connectivity index (χ4n) is 4.79. The van der Waals surface area contributed by atoms with Crippen molar-refractivity contribution in [2.45, 2.75) is 58.7 Å². The molecule has 2 N–H and O–H groups in total. The lowest BCUT2D eigenvalue weighted by Crippen LogP contribution is -2.40. The Labute approximate surface area is 217 Å². The van der Waals surface area contributed by atoms with Gasteiger partial charge in [-0.2, -0.15) is 0 Å². The molecule has 37 heavy (non-hydrogen) atoms. The zero-order valence-electron chi connectivity index (χ0n) is 21.5. The van der Waals surface area contributed by atoms with Gasteiger partial charge in [-0.3, -0.25) is 4.79 Å². The molecule has 0 spiro atoms. The molecule has 1 aromatic heterocycles. The third-order valence-electron chi connectivity index (χ3n) is 6.79. The summed E-state index contributed by atoms with van der Waals surface area (Å²) in [5.41, 5.74) is 3.56. The Bertz CT molecular complexity index is 1190. The van der Waals surface area contributed by atoms with Crippen LogP contribution >= 0.6 is 0 Å². The number of urea groups is 1. The third kappa shape index (κ3) is 7.67. The number of oxazole rings is 1. The molecule has 0 bridgehead atoms. The molecular formula is C29H35N3O5. The number of benzene rings is 2. The van der Waals surface area contributed by atoms with E-state index < -0.39 is 12.0 Å². The maximum absolute atomic E-state index is 12.7. The van der Waals surface area contributed by atoms with Gasteiger partial charge in [0.2, 0.25) is 5.89 Å². The normalized spacial score (nSPS) is 17.4. The molecule has 2 amide bonds. The average Bonchev–Trinajstić information content (AvgIpc) is 3.26. The number of amides is 2. The molecule has 2 atom stereocenters. The minimum absolute atomic E-state index is 0.100. The Morgan fingerprint density at radius 2 is 1.95 bits per heavy atom. The highest BCUT2D eigenvalue weighted by atomic mass is 16.5. The van der Waals surface area contributed by atoms with Crippen LogP contribution < -0.4 is 5.32 Å². The van der Waals surface area contributed by atoms with Crippen LogP contribution in [0.15, 0.2) is 59.0 Å². The molecule has 0 radical (unpaired) electrons. The van der Waals surface area contributed by atoms with E-state index in [0.29, 0.717) is 30.6 Å². The summed E-state index contributed by atoms with van der Waals surface area (Å²) in [6.07, 6.45) is 4.77. The first-order chi connectivity index (χ1) is 17.9. The first kappa shape index (κ1) is 26.4. The van der Waals surface area contributed by atoms with Crippen molar-refractivity contribution in [1.82, 2.24) is 9.88 Å². The van der Waals surface area contributed by atoms with Crippen LogP contribution in [-0.2, 0) is 16.1 Å². The van der Waals surface area contributed by atoms with E-state index in [-0.39, 0.29) is 12.6 Å². The predicted octanol–water partition coefficient (Wildman–Crippen LogP) is 6.04. The molecule has 1 aliphatic carbocycles. The summed E-state index contributed by atoms with van der Waals surface area (Å²) in [4.78, 5) is 30.1. The number of ether oxygens (including phenoxy) is 1. The number of carboxylic acids is 1. The third-order valence-corrected chi connectivity index (χ3v) is 6.79. The summed E-state index contributed by atoms with van der Waals surface area (Å²) >= 11 is 0. The molecule has 2 aromatic carbocycles. The zero-order chi connectivity index (χ0) is 26.2. The van der Waals surface area contributed by atoms with Gasteiger partial charge in [-0.05, 0) is 63.3 Å². The van der Waals surface area contributed by atoms with Crippen LogP contribution in [0.5, 0.6) is 0 Å². The fourth-order valence-corrected chi connectivity index (χ4v) is 4.79. The van der Waals surface area contributed by atoms with Crippen molar-refractivity contribution in [3.63, 3.8) is 0 Å². The van der Waals surface area contributed by atoms with E-state index in [2.05, 4.69) is 16.4 Å². The summed E-state index contributed by atoms with van der Waals surface area (Å²) in [7, 11) is 0. The molecule has 3 aromatic rings. The molecule has 1 aliphatic rings. The van der Waals surface area contributed by atoms with Crippen molar-refractivity contribution in [3.8, 4) is 11.5 Å². The van der Waals surface area contributed by atoms with E-state index >= 15 is 0 Å². The van der Waals surface area contributed by atoms with Crippen molar-refractivity contribution < 1.29 is 23.8 Å². The Hall–Kier alpha value is -3.65. The van der Waals surface area contributed by atoms with Crippen molar-refractivity contribution in [2.75, 3.05) is 18.4 Å². The molecule has 4 rings (SSSR count). The molecule has 1 saturated carbocycles. The van der Waals surface area contributed by atoms with E-state index in [1.54, 1.807) is 12.1 Å². The van der Waals surface area contributed by atoms with E-state index in [9.17, 15) is 14.7 Å². The number of hydrogen-bond donors (Lipinski definition) is 2. The first-order valence-corrected chi connectivity index (χ1v) is 12.8. The number of rotatable bonds is 10. The van der Waals surface area contributed by atoms with Gasteiger partial charge in [0.05, 0.1) is 12.7 Å². The van der Waals surface area contributed by atoms with Crippen molar-refractivity contribution in [1.29, 1.82) is 0 Å². The Morgan fingerprint density at radius 3 is 2.70 bits per heavy atom. The van der Waals surface area contributed by atoms with Gasteiger partial charge >= 0.3 is 12.0 Å². The van der Waals surface area contributed by atoms with Crippen molar-refractivity contribution in [2.24, 2.45) is 5.92 Å². The fraction of sp³-hybridized carbons (Fsp3) is 0.414. The van der Waals surface area contributed by atoms with Crippen LogP contribution in [0, 0.1) is 19.8 Å². The Kier molecular flexibility index (Phi) is 8.95. The van der Waals surface area contributed by atoms with Gasteiger partial charge in [-0.15, -0.1) is 0 Å². The number of carboxylic acid groups (broad SMARTS) is 1. The topological polar surface area (TPSA) is 105 Å². The lowest BCUT2D eigenvalue weighted by Gasteiger charge is -2.31. The van der Waals surface area contributed by atoms with Crippen molar-refractivity contribution >= 4 is 17.7 Å². The van der Waals surface area contributed by atoms with Gasteiger partial charge in [0.1, 0.15) is 18.0 Å². The van der Waals surface area contributed by atoms with Crippen LogP contribution in [0.4, 0.5) is 10.5 Å². The summed E-state index contributed by atoms with van der Waals surface area (Å²) in [5.74, 6) is 0.702. The highest BCUT2D eigenvalue weighted by Gasteiger charge is 2.25. The Morgan fingerprint density at radius 1 is 1.14 bits per heavy atom. The quantitative estimate of drug-likeness (QED) is 0.348. The number of aliphatic carboxylic acids is 1. The SMILES string of the molecule is Cc1cccc(-c2nc(CO[C@@H]3CCC[C@H](CCN(CC(=O)O)C(=O)Nc4ccccc4)C3)c(C)o2)c1. The second-order valence-electron chi connectivity index (χ2n) is 9.76. The largest absolute Gasteiger partial charge is 0.480 e. The predicted molar refractivity (Wildman–Crippen MR) is 141 cm³/mol. The van der Waals surface area contributed by atoms with Crippen LogP contribution in [0.1, 0.15) is 49.1 Å². The smallest absolute Gasteiger partial charge is 0.323 e. The number of anilines is 1. The minimum atomic E-state index is -1.03. The Balaban J connectivity index is 1.29. The number of nitrogens with zero attached hydrogens (tertiary/aromatic N) is 2. The standard InChI is InChI=1S/C29H35N3O5/c1-20-8-6-10-23(16-20)28-31-26(21(2)37-28)19-36-25-13-7-9-22(17-25)14-15-32(18-27(33)34)29(35)30-24-11-4-3-5-12-24/h3-6,8,10-12,16,22,25H,7,9,13-15,17-19H2,1-2H3,(H,30,35)(H,33,34)/t22-,25-/m1/s1. The molecule has 1 fully saturated rings. The van der Waals surface area contributed by atoms with Gasteiger partial charge < -0.3 is 24.5 Å². The molecule has 8 heteroatoms. The van der Waals surface area contributed by atoms with Gasteiger partial charge in [-0.25, -0.2) is 9.78 Å². The summed E-state index contributed by atoms with van der Waals surface area (Å²) in [6, 6.07) is 16.7. The second-order valence-corrected chi connectivity index (χ2v) is 9.76. The van der Waals surface area contributed by atoms with Crippen LogP contribution in [-0.4, -0.2) is 46.2 Å². The molecule has 1 heterocycles. The monoisotopic (exact) mass is 505 g/mol. The van der Waals surface area contributed by atoms with Crippen molar-refractivity contribution in [3.05, 3.63) is 71.6 Å². The number of carbonyl (C=O) groups is 2. The maximum atomic E-state index is 12.7. The lowest BCUT2D eigenvalue weighted by molar-refractivity contribution is -0.137. The van der Waals surface area contributed by atoms with Crippen LogP contribution in [0.3, 0.4) is 0 Å². The summed E-state index contributed by atoms with van der Waals surface area (Å²) < 4.78 is 12.1. The number of hydrogen-bond acceptors (Lipinski definition) is 5. The van der Waals surface area contributed by atoms with Gasteiger partial charge in [0.15, 0.2) is 0 Å². The van der Waals surface area contributed by atoms with E-state index in [1.807, 2.05) is 50.2 Å². The molecule has 196 valence electrons. The van der Waals surface area contributed by atoms with Crippen LogP contribution in [0.25, 0.3) is 11.5 Å². The number of carbonyl (C=O) groups excluding carboxylic acids is 1. The first-order valence-electron chi connectivity index (χ1n) is 12.8. The zero-order valence-corrected chi connectivity index (χ0v) is 21.5. The van der Waals surface area contributed by atoms with E-state index in [0.717, 1.165) is 54.7 Å². The number of para-hydroxylation sites is 1. The highest BCUT2D eigenvalue weighted by molar-refractivity contribution is 5.91. The molecule has 0 saturated heterocycles. The number of nitrogens with one attached hydrogen (secondary N) is 1. The van der Waals surface area contributed by atoms with Gasteiger partial charge in [0.25, 0.3) is 0 Å². The lowest BCUT2D eigenvalue weighted by atomic mass is 9.85. The second kappa shape index (κ2) is 12.5. The van der Waals surface area contributed by atoms with Gasteiger partial charge in [0, 0.05) is 17.8 Å². The molecule has 0 aliphatic heterocycles. The number of aryl methyl sites for hydroxylation is 2. The van der Waals surface area contributed by atoms with E-state index in [4.69, 9.17) is 9.15 Å². The average molecular weight is 506 g/mol. The summed E-state index contributed by atoms with van der Waals surface area (Å²) in [6.45, 7) is 4.39. The van der Waals surface area contributed by atoms with E-state index in [1.165, 1.54) is 4.90 Å². The number of aromatic nitrogens is 1. The summed E-state index contributed by atoms with van der Waals surface area (Å²) in [5, 5.41) is 12.1. The van der Waals surface area contributed by atoms with Crippen LogP contribution in [0.2, 0.25) is 0 Å². The molecular weight excluding hydrogens is 470 g/mol. The van der Waals surface area contributed by atoms with Gasteiger partial charge in [-0.1, -0.05) is 48.7 Å². The maximum Gasteiger partial charge on any atom is 0.323 e. The molecule has 0 unspecified atom stereocenters. The minimum Gasteiger partial charge on any atom is -0.480 e.